The van der Waals surface area contributed by atoms with Crippen LogP contribution in [0, 0.1) is 5.82 Å². The summed E-state index contributed by atoms with van der Waals surface area (Å²) in [6.07, 6.45) is 5.11. The third-order valence-electron chi connectivity index (χ3n) is 5.24. The fourth-order valence-electron chi connectivity index (χ4n) is 3.55. The van der Waals surface area contributed by atoms with E-state index in [1.807, 2.05) is 7.05 Å². The molecule has 1 fully saturated rings. The van der Waals surface area contributed by atoms with Crippen LogP contribution < -0.4 is 39.2 Å². The SMILES string of the molecule is CCc1cc(NC(=O)[N-]S(=O)(=O)N(CC2CCCN2C)c2cnn(C)c2)cc(Cl)c1F.[Na+]. The molecule has 0 spiro atoms. The van der Waals surface area contributed by atoms with Crippen LogP contribution in [0.15, 0.2) is 24.5 Å². The minimum atomic E-state index is -4.37. The first kappa shape index (κ1) is 26.9. The molecular formula is C19H25ClFN6NaO3S. The summed E-state index contributed by atoms with van der Waals surface area (Å²) in [6.45, 7) is 2.75. The molecule has 1 atom stereocenters. The Morgan fingerprint density at radius 2 is 2.12 bits per heavy atom. The molecule has 1 unspecified atom stereocenters. The predicted octanol–water partition coefficient (Wildman–Crippen LogP) is 0.530. The van der Waals surface area contributed by atoms with Gasteiger partial charge in [-0.1, -0.05) is 24.6 Å². The molecule has 1 saturated heterocycles. The molecule has 0 aliphatic carbocycles. The summed E-state index contributed by atoms with van der Waals surface area (Å²) in [5.74, 6) is -0.574. The fraction of sp³-hybridized carbons (Fsp3) is 0.474. The minimum Gasteiger partial charge on any atom is -0.423 e. The average molecular weight is 495 g/mol. The first-order valence-corrected chi connectivity index (χ1v) is 11.6. The molecule has 13 heteroatoms. The zero-order valence-corrected chi connectivity index (χ0v) is 22.1. The van der Waals surface area contributed by atoms with Crippen LogP contribution in [0.1, 0.15) is 25.3 Å². The van der Waals surface area contributed by atoms with Gasteiger partial charge in [-0.3, -0.25) is 13.8 Å². The van der Waals surface area contributed by atoms with Gasteiger partial charge in [-0.05, 0) is 50.2 Å². The molecule has 170 valence electrons. The second kappa shape index (κ2) is 11.2. The van der Waals surface area contributed by atoms with Gasteiger partial charge in [0.2, 0.25) is 0 Å². The maximum atomic E-state index is 13.9. The molecule has 1 aromatic heterocycles. The number of likely N-dealkylation sites (tertiary alicyclic amines) is 1. The Hall–Kier alpha value is -1.37. The summed E-state index contributed by atoms with van der Waals surface area (Å²) in [5, 5.41) is 6.23. The van der Waals surface area contributed by atoms with Gasteiger partial charge in [-0.15, -0.1) is 0 Å². The Labute approximate surface area is 214 Å². The van der Waals surface area contributed by atoms with Crippen molar-refractivity contribution in [3.05, 3.63) is 45.7 Å². The van der Waals surface area contributed by atoms with Crippen LogP contribution in [0.2, 0.25) is 5.02 Å². The number of nitrogens with zero attached hydrogens (tertiary/aromatic N) is 5. The first-order valence-electron chi connectivity index (χ1n) is 9.84. The Morgan fingerprint density at radius 3 is 2.69 bits per heavy atom. The van der Waals surface area contributed by atoms with E-state index in [9.17, 15) is 17.6 Å². The van der Waals surface area contributed by atoms with Gasteiger partial charge in [0.25, 0.3) is 10.2 Å². The molecule has 1 aliphatic heterocycles. The maximum Gasteiger partial charge on any atom is 1.00 e. The summed E-state index contributed by atoms with van der Waals surface area (Å²) in [4.78, 5) is 14.5. The normalized spacial score (nSPS) is 16.5. The van der Waals surface area contributed by atoms with E-state index in [0.717, 1.165) is 23.7 Å². The number of carbonyl (C=O) groups excluding carboxylic acids is 1. The number of carbonyl (C=O) groups is 1. The zero-order chi connectivity index (χ0) is 22.8. The smallest absolute Gasteiger partial charge is 0.423 e. The molecule has 9 nitrogen and oxygen atoms in total. The van der Waals surface area contributed by atoms with Gasteiger partial charge < -0.3 is 14.9 Å². The third-order valence-corrected chi connectivity index (χ3v) is 6.83. The Morgan fingerprint density at radius 1 is 1.41 bits per heavy atom. The summed E-state index contributed by atoms with van der Waals surface area (Å²) in [6, 6.07) is 1.51. The summed E-state index contributed by atoms with van der Waals surface area (Å²) in [5.41, 5.74) is 0.778. The van der Waals surface area contributed by atoms with E-state index in [-0.39, 0.29) is 52.9 Å². The van der Waals surface area contributed by atoms with Crippen LogP contribution in [0.5, 0.6) is 0 Å². The molecule has 0 radical (unpaired) electrons. The van der Waals surface area contributed by atoms with Crippen molar-refractivity contribution in [3.8, 4) is 0 Å². The van der Waals surface area contributed by atoms with E-state index >= 15 is 0 Å². The topological polar surface area (TPSA) is 102 Å². The molecule has 1 aromatic carbocycles. The maximum absolute atomic E-state index is 13.9. The van der Waals surface area contributed by atoms with Crippen molar-refractivity contribution < 1.29 is 47.2 Å². The monoisotopic (exact) mass is 494 g/mol. The first-order chi connectivity index (χ1) is 14.6. The van der Waals surface area contributed by atoms with Gasteiger partial charge in [-0.2, -0.15) is 5.10 Å². The quantitative estimate of drug-likeness (QED) is 0.566. The van der Waals surface area contributed by atoms with E-state index in [4.69, 9.17) is 11.6 Å². The van der Waals surface area contributed by atoms with Crippen LogP contribution >= 0.6 is 11.6 Å². The predicted molar refractivity (Wildman–Crippen MR) is 118 cm³/mol. The van der Waals surface area contributed by atoms with Gasteiger partial charge in [0.15, 0.2) is 6.03 Å². The molecule has 32 heavy (non-hydrogen) atoms. The number of hydrogen-bond donors (Lipinski definition) is 1. The van der Waals surface area contributed by atoms with Crippen LogP contribution in [-0.2, 0) is 23.7 Å². The standard InChI is InChI=1S/C19H26ClFN6O3S.Na/c1-4-13-8-14(9-17(20)18(13)21)23-19(28)24-31(29,30)27(16-10-22-26(3)11-16)12-15-6-5-7-25(15)2;/h8-11,15H,4-7,12H2,1-3H3,(H2,23,24,28);/q;+1/p-1. The molecule has 0 bridgehead atoms. The van der Waals surface area contributed by atoms with Crippen LogP contribution in [0.3, 0.4) is 0 Å². The molecule has 1 aliphatic rings. The van der Waals surface area contributed by atoms with Gasteiger partial charge in [0.05, 0.1) is 16.9 Å². The van der Waals surface area contributed by atoms with E-state index in [1.54, 1.807) is 20.2 Å². The fourth-order valence-corrected chi connectivity index (χ4v) is 4.86. The molecule has 1 N–H and O–H groups in total. The molecule has 2 amide bonds. The van der Waals surface area contributed by atoms with Gasteiger partial charge in [0.1, 0.15) is 5.82 Å². The molecule has 2 aromatic rings. The Bertz CT molecular complexity index is 1070. The van der Waals surface area contributed by atoms with Crippen molar-refractivity contribution in [2.75, 3.05) is 29.8 Å². The van der Waals surface area contributed by atoms with Crippen LogP contribution in [0.25, 0.3) is 4.72 Å². The largest absolute Gasteiger partial charge is 1.00 e. The average Bonchev–Trinajstić information content (AvgIpc) is 3.29. The number of benzene rings is 1. The van der Waals surface area contributed by atoms with Crippen molar-refractivity contribution in [1.82, 2.24) is 14.7 Å². The van der Waals surface area contributed by atoms with E-state index in [2.05, 4.69) is 20.0 Å². The van der Waals surface area contributed by atoms with Gasteiger partial charge in [0, 0.05) is 25.8 Å². The second-order valence-electron chi connectivity index (χ2n) is 7.46. The van der Waals surface area contributed by atoms with E-state index in [1.165, 1.54) is 23.0 Å². The van der Waals surface area contributed by atoms with E-state index in [0.29, 0.717) is 17.7 Å². The number of likely N-dealkylation sites (N-methyl/N-ethyl adjacent to an activating group) is 1. The minimum absolute atomic E-state index is 0. The zero-order valence-electron chi connectivity index (χ0n) is 18.5. The number of rotatable bonds is 7. The number of halogens is 2. The van der Waals surface area contributed by atoms with Crippen molar-refractivity contribution >= 4 is 39.2 Å². The van der Waals surface area contributed by atoms with Crippen molar-refractivity contribution in [1.29, 1.82) is 0 Å². The molecule has 3 rings (SSSR count). The molecular weight excluding hydrogens is 470 g/mol. The number of aryl methyl sites for hydroxylation is 2. The van der Waals surface area contributed by atoms with Crippen LogP contribution in [0.4, 0.5) is 20.6 Å². The number of anilines is 2. The molecule has 2 heterocycles. The van der Waals surface area contributed by atoms with E-state index < -0.39 is 22.1 Å². The van der Waals surface area contributed by atoms with Crippen LogP contribution in [-0.4, -0.2) is 55.3 Å². The summed E-state index contributed by atoms with van der Waals surface area (Å²) in [7, 11) is -0.767. The molecule has 0 saturated carbocycles. The number of amides is 2. The van der Waals surface area contributed by atoms with Gasteiger partial charge in [-0.25, -0.2) is 12.8 Å². The van der Waals surface area contributed by atoms with Gasteiger partial charge >= 0.3 is 29.6 Å². The number of aromatic nitrogens is 2. The third kappa shape index (κ3) is 6.36. The summed E-state index contributed by atoms with van der Waals surface area (Å²) < 4.78 is 46.0. The van der Waals surface area contributed by atoms with Crippen molar-refractivity contribution in [2.45, 2.75) is 32.2 Å². The number of nitrogens with one attached hydrogen (secondary N) is 1. The van der Waals surface area contributed by atoms with Crippen molar-refractivity contribution in [2.24, 2.45) is 7.05 Å². The van der Waals surface area contributed by atoms with Crippen molar-refractivity contribution in [3.63, 3.8) is 0 Å². The number of urea groups is 1. The second-order valence-corrected chi connectivity index (χ2v) is 9.39. The Kier molecular flexibility index (Phi) is 9.38. The summed E-state index contributed by atoms with van der Waals surface area (Å²) >= 11 is 5.86. The Balaban J connectivity index is 0.00000363. The number of hydrogen-bond acceptors (Lipinski definition) is 5.